The second-order valence-electron chi connectivity index (χ2n) is 4.88. The van der Waals surface area contributed by atoms with Crippen molar-refractivity contribution in [3.63, 3.8) is 0 Å². The topological polar surface area (TPSA) is 15.3 Å². The van der Waals surface area contributed by atoms with Crippen molar-refractivity contribution in [1.29, 1.82) is 0 Å². The Hall–Kier alpha value is -1.09. The van der Waals surface area contributed by atoms with Crippen molar-refractivity contribution in [2.45, 2.75) is 25.8 Å². The van der Waals surface area contributed by atoms with Crippen LogP contribution in [0.15, 0.2) is 24.3 Å². The highest BCUT2D eigenvalue weighted by Crippen LogP contribution is 2.25. The van der Waals surface area contributed by atoms with Crippen LogP contribution in [0.1, 0.15) is 19.8 Å². The van der Waals surface area contributed by atoms with E-state index in [-0.39, 0.29) is 5.82 Å². The molecule has 0 amide bonds. The van der Waals surface area contributed by atoms with Crippen LogP contribution in [0.25, 0.3) is 0 Å². The predicted molar refractivity (Wildman–Crippen MR) is 69.9 cm³/mol. The molecule has 2 rings (SSSR count). The second kappa shape index (κ2) is 5.50. The van der Waals surface area contributed by atoms with Gasteiger partial charge in [-0.3, -0.25) is 0 Å². The summed E-state index contributed by atoms with van der Waals surface area (Å²) in [6, 6.07) is 7.42. The van der Waals surface area contributed by atoms with E-state index in [4.69, 9.17) is 0 Å². The predicted octanol–water partition coefficient (Wildman–Crippen LogP) is 2.65. The normalized spacial score (nSPS) is 25.0. The van der Waals surface area contributed by atoms with E-state index >= 15 is 0 Å². The van der Waals surface area contributed by atoms with Gasteiger partial charge in [0.15, 0.2) is 0 Å². The van der Waals surface area contributed by atoms with Crippen LogP contribution in [0.3, 0.4) is 0 Å². The standard InChI is InChI=1S/C14H21FN2/c1-3-11-7-13(16-2)10-17(9-11)14-6-4-5-12(15)8-14/h4-6,8,11,13,16H,3,7,9-10H2,1-2H3. The Morgan fingerprint density at radius 1 is 1.41 bits per heavy atom. The third kappa shape index (κ3) is 2.97. The lowest BCUT2D eigenvalue weighted by Gasteiger charge is -2.39. The lowest BCUT2D eigenvalue weighted by Crippen LogP contribution is -2.48. The van der Waals surface area contributed by atoms with E-state index in [1.165, 1.54) is 18.9 Å². The third-order valence-corrected chi connectivity index (χ3v) is 3.70. The number of benzene rings is 1. The molecule has 0 saturated carbocycles. The fourth-order valence-electron chi connectivity index (χ4n) is 2.59. The minimum absolute atomic E-state index is 0.151. The van der Waals surface area contributed by atoms with E-state index in [9.17, 15) is 4.39 Å². The van der Waals surface area contributed by atoms with Gasteiger partial charge in [0.2, 0.25) is 0 Å². The van der Waals surface area contributed by atoms with Crippen molar-refractivity contribution in [3.05, 3.63) is 30.1 Å². The van der Waals surface area contributed by atoms with Crippen molar-refractivity contribution >= 4 is 5.69 Å². The van der Waals surface area contributed by atoms with Crippen LogP contribution in [0.5, 0.6) is 0 Å². The zero-order valence-corrected chi connectivity index (χ0v) is 10.6. The number of anilines is 1. The van der Waals surface area contributed by atoms with Gasteiger partial charge in [0, 0.05) is 24.8 Å². The molecule has 17 heavy (non-hydrogen) atoms. The molecular weight excluding hydrogens is 215 g/mol. The Labute approximate surface area is 103 Å². The number of piperidine rings is 1. The molecule has 0 spiro atoms. The summed E-state index contributed by atoms with van der Waals surface area (Å²) in [4.78, 5) is 2.29. The summed E-state index contributed by atoms with van der Waals surface area (Å²) < 4.78 is 13.2. The number of halogens is 1. The molecule has 2 unspecified atom stereocenters. The van der Waals surface area contributed by atoms with E-state index in [2.05, 4.69) is 17.1 Å². The molecule has 1 aromatic rings. The number of nitrogens with zero attached hydrogens (tertiary/aromatic N) is 1. The smallest absolute Gasteiger partial charge is 0.125 e. The summed E-state index contributed by atoms with van der Waals surface area (Å²) >= 11 is 0. The molecule has 1 saturated heterocycles. The minimum atomic E-state index is -0.151. The Morgan fingerprint density at radius 2 is 2.24 bits per heavy atom. The van der Waals surface area contributed by atoms with Crippen LogP contribution >= 0.6 is 0 Å². The van der Waals surface area contributed by atoms with Gasteiger partial charge in [0.25, 0.3) is 0 Å². The lowest BCUT2D eigenvalue weighted by molar-refractivity contribution is 0.339. The summed E-state index contributed by atoms with van der Waals surface area (Å²) in [5.41, 5.74) is 1.00. The van der Waals surface area contributed by atoms with Crippen molar-refractivity contribution < 1.29 is 4.39 Å². The molecule has 1 aliphatic heterocycles. The molecule has 2 nitrogen and oxygen atoms in total. The number of nitrogens with one attached hydrogen (secondary N) is 1. The fraction of sp³-hybridized carbons (Fsp3) is 0.571. The number of likely N-dealkylation sites (N-methyl/N-ethyl adjacent to an activating group) is 1. The molecule has 0 aromatic heterocycles. The third-order valence-electron chi connectivity index (χ3n) is 3.70. The monoisotopic (exact) mass is 236 g/mol. The quantitative estimate of drug-likeness (QED) is 0.868. The van der Waals surface area contributed by atoms with Gasteiger partial charge in [-0.1, -0.05) is 19.4 Å². The van der Waals surface area contributed by atoms with Gasteiger partial charge in [-0.2, -0.15) is 0 Å². The van der Waals surface area contributed by atoms with E-state index in [1.807, 2.05) is 13.1 Å². The lowest BCUT2D eigenvalue weighted by atomic mass is 9.92. The molecule has 1 heterocycles. The van der Waals surface area contributed by atoms with Crippen molar-refractivity contribution in [1.82, 2.24) is 5.32 Å². The maximum Gasteiger partial charge on any atom is 0.125 e. The van der Waals surface area contributed by atoms with Gasteiger partial charge in [-0.15, -0.1) is 0 Å². The van der Waals surface area contributed by atoms with Gasteiger partial charge in [-0.05, 0) is 37.6 Å². The Balaban J connectivity index is 2.14. The number of hydrogen-bond acceptors (Lipinski definition) is 2. The summed E-state index contributed by atoms with van der Waals surface area (Å²) in [5, 5.41) is 3.35. The molecule has 1 fully saturated rings. The van der Waals surface area contributed by atoms with Gasteiger partial charge < -0.3 is 10.2 Å². The van der Waals surface area contributed by atoms with Crippen molar-refractivity contribution in [3.8, 4) is 0 Å². The maximum atomic E-state index is 13.2. The van der Waals surface area contributed by atoms with Gasteiger partial charge >= 0.3 is 0 Å². The van der Waals surface area contributed by atoms with Crippen LogP contribution in [-0.4, -0.2) is 26.2 Å². The summed E-state index contributed by atoms with van der Waals surface area (Å²) in [6.45, 7) is 4.24. The first kappa shape index (κ1) is 12.4. The molecule has 0 aliphatic carbocycles. The first-order chi connectivity index (χ1) is 8.22. The van der Waals surface area contributed by atoms with Crippen LogP contribution in [0.4, 0.5) is 10.1 Å². The average Bonchev–Trinajstić information content (AvgIpc) is 2.38. The van der Waals surface area contributed by atoms with E-state index in [1.54, 1.807) is 12.1 Å². The van der Waals surface area contributed by atoms with Gasteiger partial charge in [0.05, 0.1) is 0 Å². The Bertz CT molecular complexity index is 355. The van der Waals surface area contributed by atoms with Crippen molar-refractivity contribution in [2.24, 2.45) is 5.92 Å². The molecule has 1 aromatic carbocycles. The fourth-order valence-corrected chi connectivity index (χ4v) is 2.59. The SMILES string of the molecule is CCC1CC(NC)CN(c2cccc(F)c2)C1. The highest BCUT2D eigenvalue weighted by molar-refractivity contribution is 5.47. The van der Waals surface area contributed by atoms with Crippen molar-refractivity contribution in [2.75, 3.05) is 25.0 Å². The average molecular weight is 236 g/mol. The first-order valence-corrected chi connectivity index (χ1v) is 6.40. The highest BCUT2D eigenvalue weighted by atomic mass is 19.1. The summed E-state index contributed by atoms with van der Waals surface area (Å²) in [6.07, 6.45) is 2.41. The highest BCUT2D eigenvalue weighted by Gasteiger charge is 2.25. The largest absolute Gasteiger partial charge is 0.370 e. The van der Waals surface area contributed by atoms with Crippen LogP contribution in [0, 0.1) is 11.7 Å². The summed E-state index contributed by atoms with van der Waals surface area (Å²) in [5.74, 6) is 0.548. The van der Waals surface area contributed by atoms with Crippen LogP contribution in [-0.2, 0) is 0 Å². The molecule has 3 heteroatoms. The molecule has 94 valence electrons. The minimum Gasteiger partial charge on any atom is -0.370 e. The second-order valence-corrected chi connectivity index (χ2v) is 4.88. The van der Waals surface area contributed by atoms with Gasteiger partial charge in [0.1, 0.15) is 5.82 Å². The summed E-state index contributed by atoms with van der Waals surface area (Å²) in [7, 11) is 2.01. The number of hydrogen-bond donors (Lipinski definition) is 1. The van der Waals surface area contributed by atoms with Crippen LogP contribution in [0.2, 0.25) is 0 Å². The zero-order valence-electron chi connectivity index (χ0n) is 10.6. The van der Waals surface area contributed by atoms with E-state index < -0.39 is 0 Å². The van der Waals surface area contributed by atoms with E-state index in [0.717, 1.165) is 18.8 Å². The van der Waals surface area contributed by atoms with E-state index in [0.29, 0.717) is 12.0 Å². The van der Waals surface area contributed by atoms with Gasteiger partial charge in [-0.25, -0.2) is 4.39 Å². The number of rotatable bonds is 3. The van der Waals surface area contributed by atoms with Crippen LogP contribution < -0.4 is 10.2 Å². The molecule has 1 N–H and O–H groups in total. The first-order valence-electron chi connectivity index (χ1n) is 6.40. The molecule has 0 bridgehead atoms. The molecule has 2 atom stereocenters. The molecule has 0 radical (unpaired) electrons. The zero-order chi connectivity index (χ0) is 12.3. The molecule has 1 aliphatic rings. The molecular formula is C14H21FN2. The Morgan fingerprint density at radius 3 is 2.88 bits per heavy atom. The Kier molecular flexibility index (Phi) is 4.00. The maximum absolute atomic E-state index is 13.2.